The maximum Gasteiger partial charge on any atom is 0.0402 e. The number of benzene rings is 1. The molecule has 27 heavy (non-hydrogen) atoms. The van der Waals surface area contributed by atoms with E-state index in [4.69, 9.17) is 0 Å². The van der Waals surface area contributed by atoms with Gasteiger partial charge in [0.15, 0.2) is 0 Å². The fourth-order valence-corrected chi connectivity index (χ4v) is 6.06. The molecule has 1 aliphatic carbocycles. The van der Waals surface area contributed by atoms with Gasteiger partial charge in [-0.15, -0.1) is 12.4 Å². The topological polar surface area (TPSA) is 6.48 Å². The molecule has 1 saturated heterocycles. The summed E-state index contributed by atoms with van der Waals surface area (Å²) in [5.41, 5.74) is 3.99. The predicted molar refractivity (Wildman–Crippen MR) is 125 cm³/mol. The minimum absolute atomic E-state index is 0. The van der Waals surface area contributed by atoms with Crippen molar-refractivity contribution in [3.05, 3.63) is 29.8 Å². The third kappa shape index (κ3) is 6.05. The molecular formula is C23H39ClN2S. The number of thioether (sulfide) groups is 1. The van der Waals surface area contributed by atoms with Gasteiger partial charge in [-0.1, -0.05) is 45.9 Å². The highest BCUT2D eigenvalue weighted by Gasteiger charge is 2.39. The Morgan fingerprint density at radius 3 is 2.15 bits per heavy atom. The van der Waals surface area contributed by atoms with Gasteiger partial charge in [0.1, 0.15) is 0 Å². The number of hydrogen-bond donors (Lipinski definition) is 0. The van der Waals surface area contributed by atoms with E-state index in [1.807, 2.05) is 11.8 Å². The molecule has 1 aromatic rings. The van der Waals surface area contributed by atoms with Gasteiger partial charge >= 0.3 is 0 Å². The molecule has 2 aliphatic rings. The van der Waals surface area contributed by atoms with E-state index in [9.17, 15) is 0 Å². The summed E-state index contributed by atoms with van der Waals surface area (Å²) in [6, 6.07) is 9.28. The van der Waals surface area contributed by atoms with Crippen molar-refractivity contribution in [1.29, 1.82) is 0 Å². The van der Waals surface area contributed by atoms with Gasteiger partial charge in [0, 0.05) is 44.2 Å². The SMILES string of the molecule is CSCCN1CCN(c2ccccc2C2CC(C)(C)CC(C)(C)C2)CC1.Cl. The molecule has 0 unspecified atom stereocenters. The molecule has 0 aromatic heterocycles. The van der Waals surface area contributed by atoms with Gasteiger partial charge < -0.3 is 4.90 Å². The van der Waals surface area contributed by atoms with E-state index in [0.717, 1.165) is 0 Å². The van der Waals surface area contributed by atoms with E-state index in [1.165, 1.54) is 63.4 Å². The molecule has 0 bridgehead atoms. The van der Waals surface area contributed by atoms with Crippen LogP contribution in [-0.4, -0.2) is 49.6 Å². The van der Waals surface area contributed by atoms with Crippen LogP contribution < -0.4 is 4.90 Å². The number of nitrogens with zero attached hydrogens (tertiary/aromatic N) is 2. The molecule has 1 saturated carbocycles. The van der Waals surface area contributed by atoms with Crippen molar-refractivity contribution in [3.8, 4) is 0 Å². The fraction of sp³-hybridized carbons (Fsp3) is 0.739. The van der Waals surface area contributed by atoms with Crippen LogP contribution in [0.15, 0.2) is 24.3 Å². The molecule has 2 nitrogen and oxygen atoms in total. The molecule has 4 heteroatoms. The average Bonchev–Trinajstić information content (AvgIpc) is 2.58. The zero-order valence-electron chi connectivity index (χ0n) is 18.0. The Balaban J connectivity index is 0.00000261. The summed E-state index contributed by atoms with van der Waals surface area (Å²) in [4.78, 5) is 5.28. The predicted octanol–water partition coefficient (Wildman–Crippen LogP) is 5.91. The zero-order chi connectivity index (χ0) is 18.8. The van der Waals surface area contributed by atoms with Crippen LogP contribution in [0.2, 0.25) is 0 Å². The highest BCUT2D eigenvalue weighted by molar-refractivity contribution is 7.98. The summed E-state index contributed by atoms with van der Waals surface area (Å²) in [5, 5.41) is 0. The van der Waals surface area contributed by atoms with Crippen molar-refractivity contribution in [1.82, 2.24) is 4.90 Å². The molecule has 1 heterocycles. The van der Waals surface area contributed by atoms with Crippen LogP contribution in [-0.2, 0) is 0 Å². The summed E-state index contributed by atoms with van der Waals surface area (Å²) in [6.45, 7) is 15.9. The lowest BCUT2D eigenvalue weighted by Gasteiger charge is -2.46. The first kappa shape index (κ1) is 22.9. The first-order valence-electron chi connectivity index (χ1n) is 10.3. The minimum Gasteiger partial charge on any atom is -0.369 e. The van der Waals surface area contributed by atoms with Gasteiger partial charge in [0.2, 0.25) is 0 Å². The zero-order valence-corrected chi connectivity index (χ0v) is 19.6. The van der Waals surface area contributed by atoms with Crippen molar-refractivity contribution in [2.45, 2.75) is 52.9 Å². The molecule has 154 valence electrons. The highest BCUT2D eigenvalue weighted by atomic mass is 35.5. The summed E-state index contributed by atoms with van der Waals surface area (Å²) in [5.74, 6) is 1.95. The molecule has 0 N–H and O–H groups in total. The molecule has 0 atom stereocenters. The van der Waals surface area contributed by atoms with Crippen LogP contribution >= 0.6 is 24.2 Å². The van der Waals surface area contributed by atoms with Crippen LogP contribution in [0.5, 0.6) is 0 Å². The van der Waals surface area contributed by atoms with E-state index >= 15 is 0 Å². The van der Waals surface area contributed by atoms with E-state index in [2.05, 4.69) is 68.0 Å². The van der Waals surface area contributed by atoms with Crippen molar-refractivity contribution in [2.24, 2.45) is 10.8 Å². The Bertz CT molecular complexity index is 578. The van der Waals surface area contributed by atoms with Crippen molar-refractivity contribution in [2.75, 3.05) is 49.6 Å². The van der Waals surface area contributed by atoms with Gasteiger partial charge in [0.05, 0.1) is 0 Å². The van der Waals surface area contributed by atoms with Gasteiger partial charge in [-0.05, 0) is 53.9 Å². The summed E-state index contributed by atoms with van der Waals surface area (Å²) in [6.07, 6.45) is 6.19. The maximum absolute atomic E-state index is 2.65. The van der Waals surface area contributed by atoms with Crippen molar-refractivity contribution in [3.63, 3.8) is 0 Å². The Labute approximate surface area is 177 Å². The third-order valence-electron chi connectivity index (χ3n) is 6.26. The number of anilines is 1. The van der Waals surface area contributed by atoms with E-state index < -0.39 is 0 Å². The maximum atomic E-state index is 2.65. The van der Waals surface area contributed by atoms with Crippen LogP contribution in [0.3, 0.4) is 0 Å². The van der Waals surface area contributed by atoms with Crippen LogP contribution in [0.1, 0.15) is 58.4 Å². The molecule has 0 spiro atoms. The van der Waals surface area contributed by atoms with Crippen LogP contribution in [0.25, 0.3) is 0 Å². The second-order valence-electron chi connectivity index (χ2n) is 9.99. The summed E-state index contributed by atoms with van der Waals surface area (Å²) < 4.78 is 0. The second-order valence-corrected chi connectivity index (χ2v) is 11.0. The third-order valence-corrected chi connectivity index (χ3v) is 6.85. The lowest BCUT2D eigenvalue weighted by atomic mass is 9.60. The van der Waals surface area contributed by atoms with E-state index in [1.54, 1.807) is 5.56 Å². The summed E-state index contributed by atoms with van der Waals surface area (Å²) in [7, 11) is 0. The first-order valence-corrected chi connectivity index (χ1v) is 11.7. The molecular weight excluding hydrogens is 372 g/mol. The first-order chi connectivity index (χ1) is 12.3. The minimum atomic E-state index is 0. The molecule has 0 amide bonds. The van der Waals surface area contributed by atoms with Gasteiger partial charge in [0.25, 0.3) is 0 Å². The number of halogens is 1. The Hall–Kier alpha value is -0.380. The average molecular weight is 411 g/mol. The van der Waals surface area contributed by atoms with Crippen molar-refractivity contribution < 1.29 is 0 Å². The molecule has 0 radical (unpaired) electrons. The lowest BCUT2D eigenvalue weighted by molar-refractivity contribution is 0.0970. The quantitative estimate of drug-likeness (QED) is 0.595. The monoisotopic (exact) mass is 410 g/mol. The fourth-order valence-electron chi connectivity index (χ4n) is 5.62. The van der Waals surface area contributed by atoms with Crippen LogP contribution in [0, 0.1) is 10.8 Å². The Kier molecular flexibility index (Phi) is 7.98. The van der Waals surface area contributed by atoms with Gasteiger partial charge in [-0.3, -0.25) is 4.90 Å². The van der Waals surface area contributed by atoms with Gasteiger partial charge in [-0.2, -0.15) is 11.8 Å². The number of hydrogen-bond acceptors (Lipinski definition) is 3. The molecule has 1 aromatic carbocycles. The van der Waals surface area contributed by atoms with Gasteiger partial charge in [-0.25, -0.2) is 0 Å². The van der Waals surface area contributed by atoms with Crippen molar-refractivity contribution >= 4 is 29.9 Å². The summed E-state index contributed by atoms with van der Waals surface area (Å²) >= 11 is 1.96. The normalized spacial score (nSPS) is 23.1. The standard InChI is InChI=1S/C23H38N2S.ClH/c1-22(2)16-19(17-23(3,4)18-22)20-8-6-7-9-21(20)25-12-10-24(11-13-25)14-15-26-5;/h6-9,19H,10-18H2,1-5H3;1H. The second kappa shape index (κ2) is 9.41. The molecule has 1 aliphatic heterocycles. The largest absolute Gasteiger partial charge is 0.369 e. The number of piperazine rings is 1. The Morgan fingerprint density at radius 2 is 1.56 bits per heavy atom. The van der Waals surface area contributed by atoms with Crippen LogP contribution in [0.4, 0.5) is 5.69 Å². The highest BCUT2D eigenvalue weighted by Crippen LogP contribution is 2.53. The molecule has 2 fully saturated rings. The van der Waals surface area contributed by atoms with E-state index in [0.29, 0.717) is 16.7 Å². The smallest absolute Gasteiger partial charge is 0.0402 e. The van der Waals surface area contributed by atoms with E-state index in [-0.39, 0.29) is 12.4 Å². The number of rotatable bonds is 5. The molecule has 3 rings (SSSR count). The number of para-hydroxylation sites is 1. The Morgan fingerprint density at radius 1 is 0.963 bits per heavy atom. The lowest BCUT2D eigenvalue weighted by Crippen LogP contribution is -2.47.